The van der Waals surface area contributed by atoms with Gasteiger partial charge in [0.15, 0.2) is 5.78 Å². The van der Waals surface area contributed by atoms with Gasteiger partial charge in [0.05, 0.1) is 0 Å². The zero-order chi connectivity index (χ0) is 9.41. The Hall–Kier alpha value is -0.370. The summed E-state index contributed by atoms with van der Waals surface area (Å²) < 4.78 is 5.49. The van der Waals surface area contributed by atoms with Crippen LogP contribution in [0.4, 0.5) is 0 Å². The molecular weight excluding hydrogens is 152 g/mol. The third-order valence-corrected chi connectivity index (χ3v) is 2.57. The van der Waals surface area contributed by atoms with Crippen LogP contribution in [0.5, 0.6) is 0 Å². The number of ether oxygens (including phenoxy) is 1. The summed E-state index contributed by atoms with van der Waals surface area (Å²) in [4.78, 5) is 11.9. The second-order valence-electron chi connectivity index (χ2n) is 4.68. The molecule has 1 aliphatic heterocycles. The summed E-state index contributed by atoms with van der Waals surface area (Å²) in [6.45, 7) is 8.45. The molecule has 2 nitrogen and oxygen atoms in total. The lowest BCUT2D eigenvalue weighted by molar-refractivity contribution is -0.145. The largest absolute Gasteiger partial charge is 0.368 e. The van der Waals surface area contributed by atoms with E-state index in [9.17, 15) is 4.79 Å². The molecule has 70 valence electrons. The van der Waals surface area contributed by atoms with Gasteiger partial charge in [-0.25, -0.2) is 0 Å². The van der Waals surface area contributed by atoms with Gasteiger partial charge in [0.25, 0.3) is 0 Å². The minimum Gasteiger partial charge on any atom is -0.368 e. The minimum atomic E-state index is -0.583. The Morgan fingerprint density at radius 2 is 1.83 bits per heavy atom. The van der Waals surface area contributed by atoms with Gasteiger partial charge < -0.3 is 4.74 Å². The SMILES string of the molecule is CC1(C)CCCOC(C)(C)C1=O. The molecule has 1 aliphatic rings. The molecular formula is C10H18O2. The molecule has 0 N–H and O–H groups in total. The molecule has 1 heterocycles. The van der Waals surface area contributed by atoms with E-state index < -0.39 is 5.60 Å². The van der Waals surface area contributed by atoms with Crippen LogP contribution in [0.3, 0.4) is 0 Å². The van der Waals surface area contributed by atoms with E-state index in [1.54, 1.807) is 0 Å². The summed E-state index contributed by atoms with van der Waals surface area (Å²) in [5, 5.41) is 0. The van der Waals surface area contributed by atoms with Crippen LogP contribution in [0, 0.1) is 5.41 Å². The predicted molar refractivity (Wildman–Crippen MR) is 48.1 cm³/mol. The number of ketones is 1. The van der Waals surface area contributed by atoms with Gasteiger partial charge >= 0.3 is 0 Å². The Morgan fingerprint density at radius 1 is 1.25 bits per heavy atom. The summed E-state index contributed by atoms with van der Waals surface area (Å²) in [5.41, 5.74) is -0.792. The first-order valence-corrected chi connectivity index (χ1v) is 4.55. The quantitative estimate of drug-likeness (QED) is 0.557. The molecule has 12 heavy (non-hydrogen) atoms. The van der Waals surface area contributed by atoms with Crippen LogP contribution in [0.2, 0.25) is 0 Å². The molecule has 2 heteroatoms. The van der Waals surface area contributed by atoms with Crippen LogP contribution in [0.15, 0.2) is 0 Å². The van der Waals surface area contributed by atoms with Crippen molar-refractivity contribution in [1.29, 1.82) is 0 Å². The summed E-state index contributed by atoms with van der Waals surface area (Å²) in [7, 11) is 0. The highest BCUT2D eigenvalue weighted by molar-refractivity contribution is 5.91. The zero-order valence-corrected chi connectivity index (χ0v) is 8.44. The maximum atomic E-state index is 11.9. The molecule has 0 aliphatic carbocycles. The van der Waals surface area contributed by atoms with Gasteiger partial charge in [0.1, 0.15) is 5.60 Å². The first-order chi connectivity index (χ1) is 5.36. The smallest absolute Gasteiger partial charge is 0.169 e. The maximum Gasteiger partial charge on any atom is 0.169 e. The molecule has 0 atom stereocenters. The molecule has 0 saturated carbocycles. The van der Waals surface area contributed by atoms with Gasteiger partial charge in [0, 0.05) is 12.0 Å². The first kappa shape index (κ1) is 9.72. The van der Waals surface area contributed by atoms with Crippen molar-refractivity contribution < 1.29 is 9.53 Å². The van der Waals surface area contributed by atoms with Crippen molar-refractivity contribution in [3.8, 4) is 0 Å². The van der Waals surface area contributed by atoms with Crippen molar-refractivity contribution in [3.63, 3.8) is 0 Å². The Balaban J connectivity index is 2.89. The normalized spacial score (nSPS) is 28.2. The van der Waals surface area contributed by atoms with Gasteiger partial charge in [-0.05, 0) is 26.7 Å². The van der Waals surface area contributed by atoms with Gasteiger partial charge in [-0.1, -0.05) is 13.8 Å². The number of hydrogen-bond acceptors (Lipinski definition) is 2. The molecule has 0 spiro atoms. The first-order valence-electron chi connectivity index (χ1n) is 4.55. The average Bonchev–Trinajstić information content (AvgIpc) is 2.02. The lowest BCUT2D eigenvalue weighted by Crippen LogP contribution is -2.41. The van der Waals surface area contributed by atoms with Crippen molar-refractivity contribution in [2.75, 3.05) is 6.61 Å². The van der Waals surface area contributed by atoms with E-state index in [0.29, 0.717) is 6.61 Å². The molecule has 1 rings (SSSR count). The highest BCUT2D eigenvalue weighted by Gasteiger charge is 2.41. The van der Waals surface area contributed by atoms with E-state index in [1.807, 2.05) is 27.7 Å². The zero-order valence-electron chi connectivity index (χ0n) is 8.44. The van der Waals surface area contributed by atoms with Gasteiger partial charge in [-0.2, -0.15) is 0 Å². The van der Waals surface area contributed by atoms with Crippen molar-refractivity contribution in [2.24, 2.45) is 5.41 Å². The number of carbonyl (C=O) groups is 1. The predicted octanol–water partition coefficient (Wildman–Crippen LogP) is 2.17. The highest BCUT2D eigenvalue weighted by atomic mass is 16.5. The Bertz CT molecular complexity index is 172. The number of hydrogen-bond donors (Lipinski definition) is 0. The summed E-state index contributed by atoms with van der Waals surface area (Å²) in [5.74, 6) is 0.229. The summed E-state index contributed by atoms with van der Waals surface area (Å²) in [6.07, 6.45) is 1.93. The monoisotopic (exact) mass is 170 g/mol. The van der Waals surface area contributed by atoms with E-state index in [-0.39, 0.29) is 11.2 Å². The molecule has 0 unspecified atom stereocenters. The fourth-order valence-corrected chi connectivity index (χ4v) is 1.84. The third kappa shape index (κ3) is 1.69. The third-order valence-electron chi connectivity index (χ3n) is 2.57. The standard InChI is InChI=1S/C10H18O2/c1-9(2)6-5-7-12-10(3,4)8(9)11/h5-7H2,1-4H3. The molecule has 0 aromatic rings. The lowest BCUT2D eigenvalue weighted by Gasteiger charge is -2.29. The number of rotatable bonds is 0. The highest BCUT2D eigenvalue weighted by Crippen LogP contribution is 2.33. The second kappa shape index (κ2) is 2.84. The van der Waals surface area contributed by atoms with Crippen molar-refractivity contribution in [3.05, 3.63) is 0 Å². The molecule has 0 amide bonds. The molecule has 0 aromatic carbocycles. The molecule has 1 saturated heterocycles. The van der Waals surface area contributed by atoms with Crippen LogP contribution >= 0.6 is 0 Å². The summed E-state index contributed by atoms with van der Waals surface area (Å²) >= 11 is 0. The average molecular weight is 170 g/mol. The Kier molecular flexibility index (Phi) is 2.30. The fraction of sp³-hybridized carbons (Fsp3) is 0.900. The lowest BCUT2D eigenvalue weighted by atomic mass is 9.78. The van der Waals surface area contributed by atoms with E-state index in [1.165, 1.54) is 0 Å². The Morgan fingerprint density at radius 3 is 2.42 bits per heavy atom. The maximum absolute atomic E-state index is 11.9. The number of Topliss-reactive ketones (excluding diaryl/α,β-unsaturated/α-hetero) is 1. The molecule has 0 bridgehead atoms. The van der Waals surface area contributed by atoms with E-state index in [0.717, 1.165) is 12.8 Å². The van der Waals surface area contributed by atoms with Crippen molar-refractivity contribution in [2.45, 2.75) is 46.1 Å². The Labute approximate surface area is 74.3 Å². The van der Waals surface area contributed by atoms with E-state index in [2.05, 4.69) is 0 Å². The minimum absolute atomic E-state index is 0.208. The van der Waals surface area contributed by atoms with E-state index >= 15 is 0 Å². The molecule has 0 radical (unpaired) electrons. The van der Waals surface area contributed by atoms with Crippen LogP contribution in [-0.2, 0) is 9.53 Å². The van der Waals surface area contributed by atoms with Gasteiger partial charge in [-0.15, -0.1) is 0 Å². The molecule has 1 fully saturated rings. The van der Waals surface area contributed by atoms with Crippen molar-refractivity contribution in [1.82, 2.24) is 0 Å². The van der Waals surface area contributed by atoms with Crippen LogP contribution < -0.4 is 0 Å². The van der Waals surface area contributed by atoms with Crippen molar-refractivity contribution >= 4 is 5.78 Å². The fourth-order valence-electron chi connectivity index (χ4n) is 1.84. The topological polar surface area (TPSA) is 26.3 Å². The van der Waals surface area contributed by atoms with Crippen LogP contribution in [0.25, 0.3) is 0 Å². The number of carbonyl (C=O) groups excluding carboxylic acids is 1. The second-order valence-corrected chi connectivity index (χ2v) is 4.68. The summed E-state index contributed by atoms with van der Waals surface area (Å²) in [6, 6.07) is 0. The van der Waals surface area contributed by atoms with Crippen LogP contribution in [-0.4, -0.2) is 18.0 Å². The van der Waals surface area contributed by atoms with E-state index in [4.69, 9.17) is 4.74 Å². The van der Waals surface area contributed by atoms with Gasteiger partial charge in [-0.3, -0.25) is 4.79 Å². The van der Waals surface area contributed by atoms with Crippen LogP contribution in [0.1, 0.15) is 40.5 Å². The van der Waals surface area contributed by atoms with Gasteiger partial charge in [0.2, 0.25) is 0 Å². The molecule has 0 aromatic heterocycles.